The van der Waals surface area contributed by atoms with E-state index in [1.807, 2.05) is 0 Å². The third-order valence-electron chi connectivity index (χ3n) is 4.96. The molecule has 1 aliphatic rings. The molecule has 0 atom stereocenters. The molecule has 2 heteroatoms. The largest absolute Gasteiger partial charge is 0.496 e. The standard InChI is InChI=1S/C22H28O2/c1-15-10-17-8-6-5-7-9-18-11-16(2)13-20(22(18)24-4)14-19(12-15)21(17)23-3/h10-13H,5-9,14H2,1-4H3. The summed E-state index contributed by atoms with van der Waals surface area (Å²) in [6, 6.07) is 9.09. The predicted octanol–water partition coefficient (Wildman–Crippen LogP) is 5.18. The van der Waals surface area contributed by atoms with Crippen LogP contribution in [0.15, 0.2) is 24.3 Å². The Morgan fingerprint density at radius 3 is 1.46 bits per heavy atom. The number of benzene rings is 2. The van der Waals surface area contributed by atoms with Gasteiger partial charge in [-0.3, -0.25) is 0 Å². The van der Waals surface area contributed by atoms with Gasteiger partial charge in [-0.2, -0.15) is 0 Å². The molecule has 2 aromatic carbocycles. The number of rotatable bonds is 2. The zero-order chi connectivity index (χ0) is 17.1. The molecule has 0 aromatic heterocycles. The van der Waals surface area contributed by atoms with Gasteiger partial charge in [-0.25, -0.2) is 0 Å². The summed E-state index contributed by atoms with van der Waals surface area (Å²) in [5.74, 6) is 2.12. The van der Waals surface area contributed by atoms with Crippen molar-refractivity contribution >= 4 is 0 Å². The molecule has 0 spiro atoms. The Morgan fingerprint density at radius 2 is 1.04 bits per heavy atom. The van der Waals surface area contributed by atoms with Crippen LogP contribution in [-0.2, 0) is 19.3 Å². The summed E-state index contributed by atoms with van der Waals surface area (Å²) in [6.45, 7) is 4.36. The molecule has 0 unspecified atom stereocenters. The van der Waals surface area contributed by atoms with Gasteiger partial charge in [-0.05, 0) is 61.8 Å². The minimum absolute atomic E-state index is 0.857. The highest BCUT2D eigenvalue weighted by Crippen LogP contribution is 2.35. The Morgan fingerprint density at radius 1 is 0.625 bits per heavy atom. The maximum Gasteiger partial charge on any atom is 0.125 e. The second-order valence-corrected chi connectivity index (χ2v) is 6.97. The second kappa shape index (κ2) is 7.29. The lowest BCUT2D eigenvalue weighted by Gasteiger charge is -2.20. The number of methoxy groups -OCH3 is 2. The van der Waals surface area contributed by atoms with Crippen molar-refractivity contribution in [2.75, 3.05) is 14.2 Å². The van der Waals surface area contributed by atoms with E-state index in [9.17, 15) is 0 Å². The van der Waals surface area contributed by atoms with Crippen molar-refractivity contribution in [3.05, 3.63) is 57.6 Å². The van der Waals surface area contributed by atoms with Crippen LogP contribution in [0.5, 0.6) is 11.5 Å². The number of aryl methyl sites for hydroxylation is 4. The monoisotopic (exact) mass is 324 g/mol. The fourth-order valence-corrected chi connectivity index (χ4v) is 4.03. The molecule has 0 amide bonds. The van der Waals surface area contributed by atoms with Crippen LogP contribution >= 0.6 is 0 Å². The highest BCUT2D eigenvalue weighted by Gasteiger charge is 2.17. The van der Waals surface area contributed by atoms with E-state index in [2.05, 4.69) is 38.1 Å². The Balaban J connectivity index is 2.17. The summed E-state index contributed by atoms with van der Waals surface area (Å²) in [5.41, 5.74) is 7.85. The van der Waals surface area contributed by atoms with Crippen molar-refractivity contribution < 1.29 is 9.47 Å². The van der Waals surface area contributed by atoms with Crippen LogP contribution in [0.3, 0.4) is 0 Å². The minimum atomic E-state index is 0.857. The van der Waals surface area contributed by atoms with Crippen LogP contribution in [-0.4, -0.2) is 14.2 Å². The third kappa shape index (κ3) is 3.43. The smallest absolute Gasteiger partial charge is 0.125 e. The number of hydrogen-bond acceptors (Lipinski definition) is 2. The lowest BCUT2D eigenvalue weighted by Crippen LogP contribution is -2.05. The average Bonchev–Trinajstić information content (AvgIpc) is 2.53. The summed E-state index contributed by atoms with van der Waals surface area (Å²) in [4.78, 5) is 0. The van der Waals surface area contributed by atoms with Gasteiger partial charge in [0.2, 0.25) is 0 Å². The quantitative estimate of drug-likeness (QED) is 0.758. The number of ether oxygens (including phenoxy) is 2. The molecule has 24 heavy (non-hydrogen) atoms. The van der Waals surface area contributed by atoms with Gasteiger partial charge in [0.15, 0.2) is 0 Å². The van der Waals surface area contributed by atoms with Gasteiger partial charge in [0, 0.05) is 6.42 Å². The third-order valence-corrected chi connectivity index (χ3v) is 4.96. The van der Waals surface area contributed by atoms with Gasteiger partial charge in [-0.1, -0.05) is 41.8 Å². The summed E-state index contributed by atoms with van der Waals surface area (Å²) < 4.78 is 11.6. The molecule has 4 bridgehead atoms. The zero-order valence-corrected chi connectivity index (χ0v) is 15.4. The van der Waals surface area contributed by atoms with E-state index in [1.165, 1.54) is 52.6 Å². The molecule has 0 heterocycles. The van der Waals surface area contributed by atoms with Crippen LogP contribution in [0.25, 0.3) is 0 Å². The first-order valence-electron chi connectivity index (χ1n) is 8.95. The molecule has 0 N–H and O–H groups in total. The lowest BCUT2D eigenvalue weighted by molar-refractivity contribution is 0.397. The lowest BCUT2D eigenvalue weighted by atomic mass is 9.91. The maximum absolute atomic E-state index is 5.81. The number of fused-ring (bicyclic) bond motifs is 4. The van der Waals surface area contributed by atoms with Gasteiger partial charge in [0.1, 0.15) is 11.5 Å². The van der Waals surface area contributed by atoms with Crippen molar-refractivity contribution in [3.63, 3.8) is 0 Å². The van der Waals surface area contributed by atoms with E-state index in [-0.39, 0.29) is 0 Å². The van der Waals surface area contributed by atoms with Gasteiger partial charge in [-0.15, -0.1) is 0 Å². The van der Waals surface area contributed by atoms with E-state index in [4.69, 9.17) is 9.47 Å². The molecule has 2 nitrogen and oxygen atoms in total. The van der Waals surface area contributed by atoms with Crippen LogP contribution in [0, 0.1) is 13.8 Å². The molecule has 0 saturated carbocycles. The van der Waals surface area contributed by atoms with Gasteiger partial charge >= 0.3 is 0 Å². The first-order valence-corrected chi connectivity index (χ1v) is 8.95. The molecule has 3 rings (SSSR count). The van der Waals surface area contributed by atoms with E-state index in [0.29, 0.717) is 0 Å². The van der Waals surface area contributed by atoms with Crippen molar-refractivity contribution in [2.24, 2.45) is 0 Å². The fraction of sp³-hybridized carbons (Fsp3) is 0.455. The fourth-order valence-electron chi connectivity index (χ4n) is 4.03. The first kappa shape index (κ1) is 16.9. The van der Waals surface area contributed by atoms with Crippen LogP contribution in [0.1, 0.15) is 52.6 Å². The Bertz CT molecular complexity index is 670. The van der Waals surface area contributed by atoms with E-state index in [1.54, 1.807) is 14.2 Å². The molecule has 128 valence electrons. The van der Waals surface area contributed by atoms with Gasteiger partial charge in [0.25, 0.3) is 0 Å². The van der Waals surface area contributed by atoms with Crippen LogP contribution < -0.4 is 9.47 Å². The zero-order valence-electron chi connectivity index (χ0n) is 15.4. The van der Waals surface area contributed by atoms with E-state index >= 15 is 0 Å². The summed E-state index contributed by atoms with van der Waals surface area (Å²) in [5, 5.41) is 0. The molecular formula is C22H28O2. The van der Waals surface area contributed by atoms with Crippen LogP contribution in [0.4, 0.5) is 0 Å². The molecule has 0 radical (unpaired) electrons. The van der Waals surface area contributed by atoms with Crippen molar-refractivity contribution in [1.29, 1.82) is 0 Å². The number of hydrogen-bond donors (Lipinski definition) is 0. The maximum atomic E-state index is 5.81. The Hall–Kier alpha value is -1.96. The van der Waals surface area contributed by atoms with E-state index in [0.717, 1.165) is 30.8 Å². The predicted molar refractivity (Wildman–Crippen MR) is 99.5 cm³/mol. The van der Waals surface area contributed by atoms with Crippen molar-refractivity contribution in [1.82, 2.24) is 0 Å². The Kier molecular flexibility index (Phi) is 5.13. The summed E-state index contributed by atoms with van der Waals surface area (Å²) in [6.07, 6.45) is 6.71. The first-order chi connectivity index (χ1) is 11.6. The molecule has 0 saturated heterocycles. The molecule has 2 aromatic rings. The van der Waals surface area contributed by atoms with Crippen LogP contribution in [0.2, 0.25) is 0 Å². The summed E-state index contributed by atoms with van der Waals surface area (Å²) >= 11 is 0. The molecular weight excluding hydrogens is 296 g/mol. The van der Waals surface area contributed by atoms with Crippen molar-refractivity contribution in [2.45, 2.75) is 52.4 Å². The molecule has 0 aliphatic heterocycles. The van der Waals surface area contributed by atoms with Crippen molar-refractivity contribution in [3.8, 4) is 11.5 Å². The SMILES string of the molecule is COc1c2cc(C)cc1Cc1cc(C)cc(c1OC)CCCCC2. The molecule has 1 aliphatic carbocycles. The topological polar surface area (TPSA) is 18.5 Å². The van der Waals surface area contributed by atoms with Gasteiger partial charge < -0.3 is 9.47 Å². The normalized spacial score (nSPS) is 14.5. The van der Waals surface area contributed by atoms with E-state index < -0.39 is 0 Å². The summed E-state index contributed by atoms with van der Waals surface area (Å²) in [7, 11) is 3.59. The van der Waals surface area contributed by atoms with Gasteiger partial charge in [0.05, 0.1) is 14.2 Å². The second-order valence-electron chi connectivity index (χ2n) is 6.97. The highest BCUT2D eigenvalue weighted by atomic mass is 16.5. The Labute approximate surface area is 145 Å². The molecule has 0 fully saturated rings. The minimum Gasteiger partial charge on any atom is -0.496 e. The highest BCUT2D eigenvalue weighted by molar-refractivity contribution is 5.51. The average molecular weight is 324 g/mol.